The summed E-state index contributed by atoms with van der Waals surface area (Å²) in [6, 6.07) is 33.8. The van der Waals surface area contributed by atoms with Crippen molar-refractivity contribution in [2.24, 2.45) is 10.2 Å². The van der Waals surface area contributed by atoms with Crippen molar-refractivity contribution in [3.63, 3.8) is 0 Å². The highest BCUT2D eigenvalue weighted by Crippen LogP contribution is 2.28. The van der Waals surface area contributed by atoms with Crippen LogP contribution in [-0.2, 0) is 6.61 Å². The first-order valence-electron chi connectivity index (χ1n) is 10.9. The van der Waals surface area contributed by atoms with Crippen molar-refractivity contribution in [2.45, 2.75) is 6.61 Å². The van der Waals surface area contributed by atoms with E-state index in [9.17, 15) is 4.79 Å². The first-order valence-corrected chi connectivity index (χ1v) is 10.9. The summed E-state index contributed by atoms with van der Waals surface area (Å²) in [5.74, 6) is 1.04. The van der Waals surface area contributed by atoms with E-state index >= 15 is 0 Å². The van der Waals surface area contributed by atoms with E-state index in [-0.39, 0.29) is 11.5 Å². The maximum absolute atomic E-state index is 13.1. The zero-order valence-corrected chi connectivity index (χ0v) is 18.8. The van der Waals surface area contributed by atoms with E-state index < -0.39 is 0 Å². The SMILES string of the molecule is COc1cc(/C=N/N=C(\C(=O)c2ccccc2)c2ccccc2)ccc1OCc1ccccc1. The van der Waals surface area contributed by atoms with Gasteiger partial charge in [-0.3, -0.25) is 4.79 Å². The lowest BCUT2D eigenvalue weighted by Crippen LogP contribution is -2.15. The van der Waals surface area contributed by atoms with Crippen molar-refractivity contribution in [1.82, 2.24) is 0 Å². The number of nitrogens with zero attached hydrogens (tertiary/aromatic N) is 2. The summed E-state index contributed by atoms with van der Waals surface area (Å²) in [5, 5.41) is 8.49. The first-order chi connectivity index (χ1) is 16.7. The molecule has 0 aliphatic heterocycles. The highest BCUT2D eigenvalue weighted by Gasteiger charge is 2.16. The molecule has 5 nitrogen and oxygen atoms in total. The molecule has 5 heteroatoms. The molecular formula is C29H24N2O3. The summed E-state index contributed by atoms with van der Waals surface area (Å²) in [5.41, 5.74) is 3.38. The van der Waals surface area contributed by atoms with Gasteiger partial charge in [-0.25, -0.2) is 0 Å². The molecule has 34 heavy (non-hydrogen) atoms. The maximum atomic E-state index is 13.1. The second-order valence-corrected chi connectivity index (χ2v) is 7.44. The second kappa shape index (κ2) is 11.4. The predicted molar refractivity (Wildman–Crippen MR) is 135 cm³/mol. The normalized spacial score (nSPS) is 11.4. The van der Waals surface area contributed by atoms with Gasteiger partial charge < -0.3 is 9.47 Å². The molecule has 0 unspecified atom stereocenters. The smallest absolute Gasteiger partial charge is 0.213 e. The zero-order chi connectivity index (χ0) is 23.6. The molecule has 168 valence electrons. The van der Waals surface area contributed by atoms with E-state index in [0.717, 1.165) is 11.1 Å². The number of hydrogen-bond acceptors (Lipinski definition) is 5. The van der Waals surface area contributed by atoms with Crippen molar-refractivity contribution in [3.05, 3.63) is 131 Å². The van der Waals surface area contributed by atoms with Gasteiger partial charge in [-0.15, -0.1) is 5.10 Å². The fourth-order valence-electron chi connectivity index (χ4n) is 3.33. The molecule has 4 aromatic rings. The minimum absolute atomic E-state index is 0.189. The van der Waals surface area contributed by atoms with E-state index in [1.165, 1.54) is 0 Å². The van der Waals surface area contributed by atoms with E-state index in [4.69, 9.17) is 9.47 Å². The van der Waals surface area contributed by atoms with Crippen LogP contribution in [0.1, 0.15) is 27.0 Å². The van der Waals surface area contributed by atoms with Crippen LogP contribution < -0.4 is 9.47 Å². The molecule has 4 rings (SSSR count). The Morgan fingerprint density at radius 1 is 0.765 bits per heavy atom. The number of methoxy groups -OCH3 is 1. The minimum atomic E-state index is -0.189. The monoisotopic (exact) mass is 448 g/mol. The second-order valence-electron chi connectivity index (χ2n) is 7.44. The lowest BCUT2D eigenvalue weighted by molar-refractivity contribution is 0.106. The molecule has 0 atom stereocenters. The molecule has 0 N–H and O–H groups in total. The van der Waals surface area contributed by atoms with Gasteiger partial charge in [-0.2, -0.15) is 5.10 Å². The van der Waals surface area contributed by atoms with Crippen molar-refractivity contribution in [2.75, 3.05) is 7.11 Å². The average molecular weight is 449 g/mol. The van der Waals surface area contributed by atoms with Gasteiger partial charge in [0.25, 0.3) is 0 Å². The van der Waals surface area contributed by atoms with Crippen LogP contribution in [0.2, 0.25) is 0 Å². The van der Waals surface area contributed by atoms with Crippen LogP contribution >= 0.6 is 0 Å². The zero-order valence-electron chi connectivity index (χ0n) is 18.8. The van der Waals surface area contributed by atoms with Gasteiger partial charge in [0.15, 0.2) is 11.5 Å². The highest BCUT2D eigenvalue weighted by atomic mass is 16.5. The Balaban J connectivity index is 1.55. The fraction of sp³-hybridized carbons (Fsp3) is 0.0690. The average Bonchev–Trinajstić information content (AvgIpc) is 2.91. The van der Waals surface area contributed by atoms with Crippen LogP contribution in [0.4, 0.5) is 0 Å². The Morgan fingerprint density at radius 2 is 1.38 bits per heavy atom. The van der Waals surface area contributed by atoms with Crippen LogP contribution in [0.3, 0.4) is 0 Å². The molecule has 0 radical (unpaired) electrons. The number of hydrogen-bond donors (Lipinski definition) is 0. The van der Waals surface area contributed by atoms with Gasteiger partial charge in [0.1, 0.15) is 12.3 Å². The van der Waals surface area contributed by atoms with Gasteiger partial charge in [-0.05, 0) is 29.3 Å². The summed E-state index contributed by atoms with van der Waals surface area (Å²) in [4.78, 5) is 13.1. The predicted octanol–water partition coefficient (Wildman–Crippen LogP) is 5.98. The van der Waals surface area contributed by atoms with Crippen LogP contribution in [0.25, 0.3) is 0 Å². The van der Waals surface area contributed by atoms with E-state index in [2.05, 4.69) is 10.2 Å². The molecule has 0 heterocycles. The molecule has 0 aliphatic rings. The fourth-order valence-corrected chi connectivity index (χ4v) is 3.33. The first kappa shape index (κ1) is 22.7. The Morgan fingerprint density at radius 3 is 2.03 bits per heavy atom. The van der Waals surface area contributed by atoms with Gasteiger partial charge in [-0.1, -0.05) is 91.0 Å². The van der Waals surface area contributed by atoms with Crippen LogP contribution in [0, 0.1) is 0 Å². The molecule has 0 amide bonds. The number of benzene rings is 4. The summed E-state index contributed by atoms with van der Waals surface area (Å²) in [7, 11) is 1.59. The lowest BCUT2D eigenvalue weighted by atomic mass is 10.0. The molecule has 0 bridgehead atoms. The third kappa shape index (κ3) is 5.84. The molecular weight excluding hydrogens is 424 g/mol. The Hall–Kier alpha value is -4.51. The van der Waals surface area contributed by atoms with Crippen molar-refractivity contribution in [1.29, 1.82) is 0 Å². The van der Waals surface area contributed by atoms with E-state index in [1.807, 2.05) is 97.1 Å². The number of ether oxygens (including phenoxy) is 2. The number of Topliss-reactive ketones (excluding diaryl/α,β-unsaturated/α-hetero) is 1. The van der Waals surface area contributed by atoms with Crippen LogP contribution in [0.5, 0.6) is 11.5 Å². The van der Waals surface area contributed by atoms with E-state index in [1.54, 1.807) is 25.5 Å². The number of carbonyl (C=O) groups excluding carboxylic acids is 1. The number of rotatable bonds is 9. The third-order valence-corrected chi connectivity index (χ3v) is 5.09. The molecule has 0 saturated carbocycles. The van der Waals surface area contributed by atoms with Crippen LogP contribution in [-0.4, -0.2) is 24.8 Å². The minimum Gasteiger partial charge on any atom is -0.493 e. The molecule has 0 saturated heterocycles. The summed E-state index contributed by atoms with van der Waals surface area (Å²) < 4.78 is 11.4. The molecule has 0 spiro atoms. The van der Waals surface area contributed by atoms with E-state index in [0.29, 0.717) is 29.2 Å². The van der Waals surface area contributed by atoms with Crippen LogP contribution in [0.15, 0.2) is 119 Å². The summed E-state index contributed by atoms with van der Waals surface area (Å²) in [6.45, 7) is 0.441. The third-order valence-electron chi connectivity index (χ3n) is 5.09. The topological polar surface area (TPSA) is 60.2 Å². The number of carbonyl (C=O) groups is 1. The quantitative estimate of drug-likeness (QED) is 0.180. The lowest BCUT2D eigenvalue weighted by Gasteiger charge is -2.11. The maximum Gasteiger partial charge on any atom is 0.213 e. The summed E-state index contributed by atoms with van der Waals surface area (Å²) >= 11 is 0. The largest absolute Gasteiger partial charge is 0.493 e. The Kier molecular flexibility index (Phi) is 7.59. The summed E-state index contributed by atoms with van der Waals surface area (Å²) in [6.07, 6.45) is 1.59. The molecule has 0 aliphatic carbocycles. The van der Waals surface area contributed by atoms with Gasteiger partial charge in [0, 0.05) is 11.1 Å². The van der Waals surface area contributed by atoms with Crippen molar-refractivity contribution in [3.8, 4) is 11.5 Å². The highest BCUT2D eigenvalue weighted by molar-refractivity contribution is 6.51. The molecule has 4 aromatic carbocycles. The van der Waals surface area contributed by atoms with Gasteiger partial charge in [0.05, 0.1) is 13.3 Å². The Labute approximate surface area is 199 Å². The van der Waals surface area contributed by atoms with Gasteiger partial charge in [0.2, 0.25) is 5.78 Å². The van der Waals surface area contributed by atoms with Crippen molar-refractivity contribution < 1.29 is 14.3 Å². The van der Waals surface area contributed by atoms with Gasteiger partial charge >= 0.3 is 0 Å². The number of ketones is 1. The molecule has 0 fully saturated rings. The van der Waals surface area contributed by atoms with Crippen molar-refractivity contribution >= 4 is 17.7 Å². The standard InChI is InChI=1S/C29H24N2O3/c1-33-27-19-23(17-18-26(27)34-21-22-11-5-2-6-12-22)20-30-31-28(24-13-7-3-8-14-24)29(32)25-15-9-4-10-16-25/h2-20H,21H2,1H3/b30-20+,31-28-. The molecule has 0 aromatic heterocycles. The Bertz CT molecular complexity index is 1290.